The van der Waals surface area contributed by atoms with Crippen molar-refractivity contribution >= 4 is 11.7 Å². The van der Waals surface area contributed by atoms with Gasteiger partial charge in [-0.2, -0.15) is 4.98 Å². The van der Waals surface area contributed by atoms with Crippen LogP contribution in [-0.4, -0.2) is 32.8 Å². The van der Waals surface area contributed by atoms with E-state index in [2.05, 4.69) is 20.4 Å². The van der Waals surface area contributed by atoms with Gasteiger partial charge in [0.25, 0.3) is 0 Å². The van der Waals surface area contributed by atoms with Crippen molar-refractivity contribution in [3.63, 3.8) is 0 Å². The molecule has 2 heterocycles. The van der Waals surface area contributed by atoms with Crippen molar-refractivity contribution in [3.8, 4) is 11.7 Å². The van der Waals surface area contributed by atoms with Crippen molar-refractivity contribution in [2.24, 2.45) is 0 Å². The molecule has 0 saturated heterocycles. The van der Waals surface area contributed by atoms with Crippen LogP contribution in [0.4, 0.5) is 10.2 Å². The fourth-order valence-electron chi connectivity index (χ4n) is 3.09. The molecular formula is C19H18FN5O2. The van der Waals surface area contributed by atoms with E-state index >= 15 is 0 Å². The molecule has 1 amide bonds. The van der Waals surface area contributed by atoms with Gasteiger partial charge in [-0.15, -0.1) is 5.10 Å². The van der Waals surface area contributed by atoms with E-state index in [-0.39, 0.29) is 11.7 Å². The number of carbonyl (C=O) groups excluding carboxylic acids is 1. The highest BCUT2D eigenvalue weighted by molar-refractivity contribution is 6.00. The molecule has 3 aromatic rings. The summed E-state index contributed by atoms with van der Waals surface area (Å²) in [7, 11) is 1.53. The van der Waals surface area contributed by atoms with Crippen LogP contribution in [0.2, 0.25) is 0 Å². The second kappa shape index (κ2) is 6.46. The maximum Gasteiger partial charge on any atom is 0.236 e. The first-order chi connectivity index (χ1) is 13.0. The number of rotatable bonds is 5. The van der Waals surface area contributed by atoms with Crippen LogP contribution in [0.15, 0.2) is 42.6 Å². The zero-order chi connectivity index (χ0) is 19.0. The fourth-order valence-corrected chi connectivity index (χ4v) is 3.09. The van der Waals surface area contributed by atoms with Crippen LogP contribution in [0.3, 0.4) is 0 Å². The van der Waals surface area contributed by atoms with Crippen LogP contribution in [-0.2, 0) is 10.2 Å². The second-order valence-electron chi connectivity index (χ2n) is 6.48. The third-order valence-corrected chi connectivity index (χ3v) is 4.65. The van der Waals surface area contributed by atoms with Crippen molar-refractivity contribution in [3.05, 3.63) is 59.8 Å². The summed E-state index contributed by atoms with van der Waals surface area (Å²) in [6, 6.07) is 9.71. The Morgan fingerprint density at radius 3 is 2.74 bits per heavy atom. The average molecular weight is 367 g/mol. The van der Waals surface area contributed by atoms with Gasteiger partial charge in [0.15, 0.2) is 11.6 Å². The lowest BCUT2D eigenvalue weighted by Crippen LogP contribution is -2.29. The topological polar surface area (TPSA) is 81.9 Å². The molecule has 0 unspecified atom stereocenters. The van der Waals surface area contributed by atoms with Crippen molar-refractivity contribution in [1.82, 2.24) is 19.7 Å². The molecule has 8 heteroatoms. The number of aromatic nitrogens is 4. The Labute approximate surface area is 155 Å². The normalized spacial score (nSPS) is 14.6. The Morgan fingerprint density at radius 2 is 2.04 bits per heavy atom. The van der Waals surface area contributed by atoms with Crippen LogP contribution < -0.4 is 10.1 Å². The van der Waals surface area contributed by atoms with Crippen LogP contribution in [0.5, 0.6) is 5.88 Å². The van der Waals surface area contributed by atoms with E-state index in [0.29, 0.717) is 41.7 Å². The molecule has 4 rings (SSSR count). The maximum absolute atomic E-state index is 14.1. The number of ether oxygens (including phenoxy) is 1. The van der Waals surface area contributed by atoms with Crippen molar-refractivity contribution in [1.29, 1.82) is 0 Å². The smallest absolute Gasteiger partial charge is 0.236 e. The van der Waals surface area contributed by atoms with Crippen LogP contribution in [0, 0.1) is 12.7 Å². The number of anilines is 1. The molecule has 27 heavy (non-hydrogen) atoms. The number of halogens is 1. The molecule has 2 aromatic heterocycles. The zero-order valence-electron chi connectivity index (χ0n) is 14.9. The SMILES string of the molecule is COc1cc(-n2ccc(NC(=O)C3(c4ccccc4F)CC3)n2)nc(C)n1. The molecule has 0 aliphatic heterocycles. The number of hydrogen-bond donors (Lipinski definition) is 1. The molecular weight excluding hydrogens is 349 g/mol. The summed E-state index contributed by atoms with van der Waals surface area (Å²) in [6.45, 7) is 1.75. The predicted molar refractivity (Wildman–Crippen MR) is 96.4 cm³/mol. The van der Waals surface area contributed by atoms with Gasteiger partial charge in [0.05, 0.1) is 12.5 Å². The number of nitrogens with one attached hydrogen (secondary N) is 1. The minimum absolute atomic E-state index is 0.255. The number of benzene rings is 1. The Bertz CT molecular complexity index is 1010. The summed E-state index contributed by atoms with van der Waals surface area (Å²) in [5, 5.41) is 7.13. The summed E-state index contributed by atoms with van der Waals surface area (Å²) in [6.07, 6.45) is 2.91. The number of methoxy groups -OCH3 is 1. The first-order valence-corrected chi connectivity index (χ1v) is 8.54. The van der Waals surface area contributed by atoms with Crippen LogP contribution in [0.1, 0.15) is 24.2 Å². The number of amides is 1. The van der Waals surface area contributed by atoms with E-state index in [9.17, 15) is 9.18 Å². The van der Waals surface area contributed by atoms with Crippen LogP contribution >= 0.6 is 0 Å². The highest BCUT2D eigenvalue weighted by atomic mass is 19.1. The average Bonchev–Trinajstić information content (AvgIpc) is 3.34. The monoisotopic (exact) mass is 367 g/mol. The van der Waals surface area contributed by atoms with E-state index in [4.69, 9.17) is 4.74 Å². The highest BCUT2D eigenvalue weighted by Gasteiger charge is 2.52. The molecule has 0 bridgehead atoms. The van der Waals surface area contributed by atoms with Gasteiger partial charge >= 0.3 is 0 Å². The lowest BCUT2D eigenvalue weighted by Gasteiger charge is -2.15. The predicted octanol–water partition coefficient (Wildman–Crippen LogP) is 2.79. The molecule has 1 aromatic carbocycles. The largest absolute Gasteiger partial charge is 0.481 e. The van der Waals surface area contributed by atoms with Gasteiger partial charge in [-0.3, -0.25) is 4.79 Å². The second-order valence-corrected chi connectivity index (χ2v) is 6.48. The molecule has 138 valence electrons. The summed E-state index contributed by atoms with van der Waals surface area (Å²) in [5.74, 6) is 1.25. The number of nitrogens with zero attached hydrogens (tertiary/aromatic N) is 4. The minimum atomic E-state index is -0.816. The zero-order valence-corrected chi connectivity index (χ0v) is 14.9. The van der Waals surface area contributed by atoms with Crippen molar-refractivity contribution in [2.45, 2.75) is 25.2 Å². The summed E-state index contributed by atoms with van der Waals surface area (Å²) in [5.41, 5.74) is -0.387. The van der Waals surface area contributed by atoms with Gasteiger partial charge in [0, 0.05) is 23.9 Å². The Morgan fingerprint density at radius 1 is 1.26 bits per heavy atom. The minimum Gasteiger partial charge on any atom is -0.481 e. The van der Waals surface area contributed by atoms with E-state index in [0.717, 1.165) is 0 Å². The van der Waals surface area contributed by atoms with E-state index in [1.165, 1.54) is 17.9 Å². The first kappa shape index (κ1) is 17.1. The number of carbonyl (C=O) groups is 1. The summed E-state index contributed by atoms with van der Waals surface area (Å²) in [4.78, 5) is 21.2. The molecule has 1 aliphatic carbocycles. The highest BCUT2D eigenvalue weighted by Crippen LogP contribution is 2.49. The quantitative estimate of drug-likeness (QED) is 0.750. The van der Waals surface area contributed by atoms with Gasteiger partial charge in [0.2, 0.25) is 11.8 Å². The van der Waals surface area contributed by atoms with Gasteiger partial charge in [-0.25, -0.2) is 14.1 Å². The maximum atomic E-state index is 14.1. The molecule has 1 fully saturated rings. The lowest BCUT2D eigenvalue weighted by atomic mass is 9.94. The molecule has 0 atom stereocenters. The Hall–Kier alpha value is -3.29. The molecule has 1 saturated carbocycles. The molecule has 0 spiro atoms. The molecule has 1 N–H and O–H groups in total. The van der Waals surface area contributed by atoms with Crippen LogP contribution in [0.25, 0.3) is 5.82 Å². The summed E-state index contributed by atoms with van der Waals surface area (Å²) < 4.78 is 20.8. The number of hydrogen-bond acceptors (Lipinski definition) is 5. The lowest BCUT2D eigenvalue weighted by molar-refractivity contribution is -0.118. The summed E-state index contributed by atoms with van der Waals surface area (Å²) >= 11 is 0. The van der Waals surface area contributed by atoms with Gasteiger partial charge in [0.1, 0.15) is 11.6 Å². The van der Waals surface area contributed by atoms with Gasteiger partial charge in [-0.05, 0) is 25.8 Å². The third-order valence-electron chi connectivity index (χ3n) is 4.65. The molecule has 1 aliphatic rings. The van der Waals surface area contributed by atoms with E-state index in [1.807, 2.05) is 0 Å². The van der Waals surface area contributed by atoms with Crippen molar-refractivity contribution < 1.29 is 13.9 Å². The standard InChI is InChI=1S/C19H18FN5O2/c1-12-21-16(11-17(22-12)27-2)25-10-7-15(24-25)23-18(26)19(8-9-19)13-5-3-4-6-14(13)20/h3-7,10-11H,8-9H2,1-2H3,(H,23,24,26). The first-order valence-electron chi connectivity index (χ1n) is 8.54. The Balaban J connectivity index is 1.56. The van der Waals surface area contributed by atoms with E-state index < -0.39 is 5.41 Å². The van der Waals surface area contributed by atoms with Gasteiger partial charge < -0.3 is 10.1 Å². The van der Waals surface area contributed by atoms with Crippen molar-refractivity contribution in [2.75, 3.05) is 12.4 Å². The Kier molecular flexibility index (Phi) is 4.10. The van der Waals surface area contributed by atoms with E-state index in [1.54, 1.807) is 43.5 Å². The third kappa shape index (κ3) is 3.14. The molecule has 0 radical (unpaired) electrons. The van der Waals surface area contributed by atoms with Gasteiger partial charge in [-0.1, -0.05) is 18.2 Å². The molecule has 7 nitrogen and oxygen atoms in total. The fraction of sp³-hybridized carbons (Fsp3) is 0.263. The number of aryl methyl sites for hydroxylation is 1.